The maximum absolute atomic E-state index is 12.0. The Morgan fingerprint density at radius 2 is 1.96 bits per heavy atom. The Morgan fingerprint density at radius 1 is 1.27 bits per heavy atom. The van der Waals surface area contributed by atoms with Gasteiger partial charge in [-0.3, -0.25) is 9.69 Å². The van der Waals surface area contributed by atoms with Crippen LogP contribution in [0.25, 0.3) is 0 Å². The number of piperidine rings is 1. The number of carbonyl (C=O) groups excluding carboxylic acids is 2. The van der Waals surface area contributed by atoms with E-state index in [1.54, 1.807) is 20.8 Å². The van der Waals surface area contributed by atoms with Crippen molar-refractivity contribution < 1.29 is 24.2 Å². The Kier molecular flexibility index (Phi) is 6.99. The number of aliphatic hydroxyl groups excluding tert-OH is 1. The molecule has 0 saturated carbocycles. The van der Waals surface area contributed by atoms with E-state index in [1.807, 2.05) is 35.2 Å². The SMILES string of the molecule is CC(C)(C)OC(=O)NC1CCN(CC(=O)OCc2ccccc2)C[C@H]1O. The molecule has 2 atom stereocenters. The number of hydrogen-bond acceptors (Lipinski definition) is 6. The van der Waals surface area contributed by atoms with Gasteiger partial charge in [0.1, 0.15) is 12.2 Å². The predicted molar refractivity (Wildman–Crippen MR) is 96.5 cm³/mol. The fourth-order valence-electron chi connectivity index (χ4n) is 2.73. The lowest BCUT2D eigenvalue weighted by molar-refractivity contribution is -0.147. The van der Waals surface area contributed by atoms with Gasteiger partial charge in [0.15, 0.2) is 0 Å². The van der Waals surface area contributed by atoms with Crippen LogP contribution < -0.4 is 5.32 Å². The van der Waals surface area contributed by atoms with E-state index in [1.165, 1.54) is 0 Å². The quantitative estimate of drug-likeness (QED) is 0.773. The van der Waals surface area contributed by atoms with Crippen LogP contribution in [0.15, 0.2) is 30.3 Å². The Bertz CT molecular complexity index is 600. The zero-order chi connectivity index (χ0) is 19.2. The molecule has 1 aromatic rings. The van der Waals surface area contributed by atoms with Crippen molar-refractivity contribution in [2.24, 2.45) is 0 Å². The van der Waals surface area contributed by atoms with Crippen LogP contribution in [-0.4, -0.2) is 59.5 Å². The van der Waals surface area contributed by atoms with Crippen molar-refractivity contribution in [2.75, 3.05) is 19.6 Å². The van der Waals surface area contributed by atoms with E-state index in [2.05, 4.69) is 5.32 Å². The van der Waals surface area contributed by atoms with Crippen LogP contribution in [-0.2, 0) is 20.9 Å². The molecule has 0 radical (unpaired) electrons. The van der Waals surface area contributed by atoms with Gasteiger partial charge in [0.25, 0.3) is 0 Å². The molecule has 0 spiro atoms. The summed E-state index contributed by atoms with van der Waals surface area (Å²) in [4.78, 5) is 25.6. The van der Waals surface area contributed by atoms with E-state index in [4.69, 9.17) is 9.47 Å². The van der Waals surface area contributed by atoms with Gasteiger partial charge in [0.2, 0.25) is 0 Å². The van der Waals surface area contributed by atoms with E-state index in [0.29, 0.717) is 19.5 Å². The molecule has 144 valence electrons. The molecule has 26 heavy (non-hydrogen) atoms. The van der Waals surface area contributed by atoms with Gasteiger partial charge in [-0.25, -0.2) is 4.79 Å². The highest BCUT2D eigenvalue weighted by atomic mass is 16.6. The molecule has 7 nitrogen and oxygen atoms in total. The molecule has 1 saturated heterocycles. The molecule has 0 aromatic heterocycles. The van der Waals surface area contributed by atoms with Gasteiger partial charge in [-0.15, -0.1) is 0 Å². The van der Waals surface area contributed by atoms with Gasteiger partial charge in [-0.1, -0.05) is 30.3 Å². The summed E-state index contributed by atoms with van der Waals surface area (Å²) in [7, 11) is 0. The van der Waals surface area contributed by atoms with Crippen molar-refractivity contribution >= 4 is 12.1 Å². The number of likely N-dealkylation sites (tertiary alicyclic amines) is 1. The summed E-state index contributed by atoms with van der Waals surface area (Å²) in [6, 6.07) is 9.09. The van der Waals surface area contributed by atoms with Gasteiger partial charge >= 0.3 is 12.1 Å². The summed E-state index contributed by atoms with van der Waals surface area (Å²) in [5, 5.41) is 12.9. The molecule has 1 aliphatic heterocycles. The molecule has 0 aliphatic carbocycles. The zero-order valence-corrected chi connectivity index (χ0v) is 15.6. The molecule has 7 heteroatoms. The first kappa shape index (κ1) is 20.2. The number of alkyl carbamates (subject to hydrolysis) is 1. The highest BCUT2D eigenvalue weighted by Crippen LogP contribution is 2.13. The minimum atomic E-state index is -0.766. The molecule has 2 rings (SSSR count). The topological polar surface area (TPSA) is 88.1 Å². The summed E-state index contributed by atoms with van der Waals surface area (Å²) >= 11 is 0. The van der Waals surface area contributed by atoms with Crippen molar-refractivity contribution in [3.05, 3.63) is 35.9 Å². The molecule has 0 bridgehead atoms. The number of nitrogens with one attached hydrogen (secondary N) is 1. The Morgan fingerprint density at radius 3 is 2.58 bits per heavy atom. The summed E-state index contributed by atoms with van der Waals surface area (Å²) in [5.74, 6) is -0.334. The Labute approximate surface area is 154 Å². The molecule has 1 fully saturated rings. The highest BCUT2D eigenvalue weighted by Gasteiger charge is 2.31. The van der Waals surface area contributed by atoms with E-state index in [0.717, 1.165) is 5.56 Å². The zero-order valence-electron chi connectivity index (χ0n) is 15.6. The first-order valence-corrected chi connectivity index (χ1v) is 8.82. The molecule has 1 heterocycles. The monoisotopic (exact) mass is 364 g/mol. The highest BCUT2D eigenvalue weighted by molar-refractivity contribution is 5.71. The smallest absolute Gasteiger partial charge is 0.407 e. The molecule has 2 N–H and O–H groups in total. The summed E-state index contributed by atoms with van der Waals surface area (Å²) < 4.78 is 10.5. The number of rotatable bonds is 5. The minimum absolute atomic E-state index is 0.114. The summed E-state index contributed by atoms with van der Waals surface area (Å²) in [6.45, 7) is 6.58. The minimum Gasteiger partial charge on any atom is -0.460 e. The number of benzene rings is 1. The fraction of sp³-hybridized carbons (Fsp3) is 0.579. The van der Waals surface area contributed by atoms with Gasteiger partial charge < -0.3 is 19.9 Å². The van der Waals surface area contributed by atoms with Gasteiger partial charge in [-0.2, -0.15) is 0 Å². The number of aliphatic hydroxyl groups is 1. The molecular formula is C19H28N2O5. The van der Waals surface area contributed by atoms with E-state index in [-0.39, 0.29) is 25.2 Å². The van der Waals surface area contributed by atoms with Crippen LogP contribution in [0.5, 0.6) is 0 Å². The average molecular weight is 364 g/mol. The first-order chi connectivity index (χ1) is 12.2. The van der Waals surface area contributed by atoms with Crippen molar-refractivity contribution in [2.45, 2.75) is 51.5 Å². The number of amides is 1. The van der Waals surface area contributed by atoms with E-state index >= 15 is 0 Å². The van der Waals surface area contributed by atoms with Gasteiger partial charge in [0, 0.05) is 13.1 Å². The van der Waals surface area contributed by atoms with E-state index < -0.39 is 17.8 Å². The van der Waals surface area contributed by atoms with Crippen LogP contribution in [0.4, 0.5) is 4.79 Å². The standard InChI is InChI=1S/C19H28N2O5/c1-19(2,3)26-18(24)20-15-9-10-21(11-16(15)22)12-17(23)25-13-14-7-5-4-6-8-14/h4-8,15-16,22H,9-13H2,1-3H3,(H,20,24)/t15?,16-/m1/s1. The average Bonchev–Trinajstić information content (AvgIpc) is 2.55. The second kappa shape index (κ2) is 9.00. The van der Waals surface area contributed by atoms with Crippen molar-refractivity contribution in [3.8, 4) is 0 Å². The van der Waals surface area contributed by atoms with Crippen LogP contribution in [0.3, 0.4) is 0 Å². The van der Waals surface area contributed by atoms with Crippen LogP contribution in [0.1, 0.15) is 32.8 Å². The molecule has 1 unspecified atom stereocenters. The number of β-amino-alcohol motifs (C(OH)–C–C–N with tert-alkyl or cyclic N) is 1. The largest absolute Gasteiger partial charge is 0.460 e. The third-order valence-corrected chi connectivity index (χ3v) is 3.96. The van der Waals surface area contributed by atoms with Gasteiger partial charge in [-0.05, 0) is 32.8 Å². The lowest BCUT2D eigenvalue weighted by atomic mass is 10.0. The number of nitrogens with zero attached hydrogens (tertiary/aromatic N) is 1. The van der Waals surface area contributed by atoms with E-state index in [9.17, 15) is 14.7 Å². The maximum Gasteiger partial charge on any atom is 0.407 e. The van der Waals surface area contributed by atoms with Crippen LogP contribution in [0.2, 0.25) is 0 Å². The third kappa shape index (κ3) is 7.01. The fourth-order valence-corrected chi connectivity index (χ4v) is 2.73. The molecule has 1 aromatic carbocycles. The van der Waals surface area contributed by atoms with Crippen LogP contribution in [0, 0.1) is 0 Å². The second-order valence-corrected chi connectivity index (χ2v) is 7.49. The third-order valence-electron chi connectivity index (χ3n) is 3.96. The lowest BCUT2D eigenvalue weighted by Gasteiger charge is -2.35. The number of ether oxygens (including phenoxy) is 2. The molecule has 1 amide bonds. The second-order valence-electron chi connectivity index (χ2n) is 7.49. The first-order valence-electron chi connectivity index (χ1n) is 8.82. The number of carbonyl (C=O) groups is 2. The number of hydrogen-bond donors (Lipinski definition) is 2. The number of esters is 1. The summed E-state index contributed by atoms with van der Waals surface area (Å²) in [6.07, 6.45) is -0.776. The van der Waals surface area contributed by atoms with Gasteiger partial charge in [0.05, 0.1) is 18.7 Å². The molecular weight excluding hydrogens is 336 g/mol. The summed E-state index contributed by atoms with van der Waals surface area (Å²) in [5.41, 5.74) is 0.347. The van der Waals surface area contributed by atoms with Crippen molar-refractivity contribution in [3.63, 3.8) is 0 Å². The van der Waals surface area contributed by atoms with Crippen LogP contribution >= 0.6 is 0 Å². The lowest BCUT2D eigenvalue weighted by Crippen LogP contribution is -2.55. The van der Waals surface area contributed by atoms with Crippen molar-refractivity contribution in [1.82, 2.24) is 10.2 Å². The Balaban J connectivity index is 1.72. The maximum atomic E-state index is 12.0. The Hall–Kier alpha value is -2.12. The predicted octanol–water partition coefficient (Wildman–Crippen LogP) is 1.69. The molecule has 1 aliphatic rings. The normalized spacial score (nSPS) is 21.1. The van der Waals surface area contributed by atoms with Crippen molar-refractivity contribution in [1.29, 1.82) is 0 Å².